The highest BCUT2D eigenvalue weighted by Crippen LogP contribution is 2.29. The second-order valence-corrected chi connectivity index (χ2v) is 5.19. The van der Waals surface area contributed by atoms with Crippen molar-refractivity contribution in [3.8, 4) is 22.4 Å². The van der Waals surface area contributed by atoms with E-state index in [9.17, 15) is 0 Å². The van der Waals surface area contributed by atoms with Gasteiger partial charge in [0.25, 0.3) is 11.8 Å². The lowest BCUT2D eigenvalue weighted by Gasteiger charge is -1.88. The van der Waals surface area contributed by atoms with Crippen LogP contribution in [0.1, 0.15) is 0 Å². The molecule has 86 valence electrons. The van der Waals surface area contributed by atoms with Crippen LogP contribution >= 0.6 is 27.3 Å². The molecule has 3 rings (SSSR count). The largest absolute Gasteiger partial charge is 0.414 e. The lowest BCUT2D eigenvalue weighted by Crippen LogP contribution is -1.87. The Bertz CT molecular complexity index is 643. The van der Waals surface area contributed by atoms with Crippen LogP contribution in [-0.4, -0.2) is 20.0 Å². The molecule has 0 spiro atoms. The zero-order chi connectivity index (χ0) is 11.8. The Balaban J connectivity index is 2.03. The highest BCUT2D eigenvalue weighted by Gasteiger charge is 2.16. The fraction of sp³-hybridized carbons (Fsp3) is 0.100. The van der Waals surface area contributed by atoms with E-state index in [-0.39, 0.29) is 0 Å². The maximum absolute atomic E-state index is 5.59. The SMILES string of the molecule is Cn1cc(Br)c(-c2nnc(-c3cccs3)o2)n1. The van der Waals surface area contributed by atoms with Gasteiger partial charge >= 0.3 is 0 Å². The van der Waals surface area contributed by atoms with Crippen LogP contribution in [0.3, 0.4) is 0 Å². The molecule has 0 N–H and O–H groups in total. The summed E-state index contributed by atoms with van der Waals surface area (Å²) < 4.78 is 8.11. The normalized spacial score (nSPS) is 10.9. The molecule has 0 aliphatic heterocycles. The van der Waals surface area contributed by atoms with Crippen molar-refractivity contribution >= 4 is 27.3 Å². The molecule has 3 aromatic rings. The van der Waals surface area contributed by atoms with Crippen molar-refractivity contribution in [2.45, 2.75) is 0 Å². The van der Waals surface area contributed by atoms with Crippen molar-refractivity contribution < 1.29 is 4.42 Å². The maximum atomic E-state index is 5.59. The van der Waals surface area contributed by atoms with Crippen LogP contribution < -0.4 is 0 Å². The van der Waals surface area contributed by atoms with Crippen LogP contribution in [0.25, 0.3) is 22.4 Å². The second kappa shape index (κ2) is 4.08. The monoisotopic (exact) mass is 310 g/mol. The van der Waals surface area contributed by atoms with Gasteiger partial charge in [0.2, 0.25) is 0 Å². The van der Waals surface area contributed by atoms with Crippen molar-refractivity contribution in [3.05, 3.63) is 28.2 Å². The van der Waals surface area contributed by atoms with E-state index in [1.165, 1.54) is 0 Å². The molecule has 3 heterocycles. The molecular formula is C10H7BrN4OS. The smallest absolute Gasteiger partial charge is 0.269 e. The molecule has 0 fully saturated rings. The van der Waals surface area contributed by atoms with Gasteiger partial charge in [0.1, 0.15) is 0 Å². The van der Waals surface area contributed by atoms with E-state index in [2.05, 4.69) is 31.2 Å². The summed E-state index contributed by atoms with van der Waals surface area (Å²) in [4.78, 5) is 0.954. The standard InChI is InChI=1S/C10H7BrN4OS/c1-15-5-6(11)8(14-15)10-13-12-9(16-10)7-3-2-4-17-7/h2-5H,1H3. The fourth-order valence-corrected chi connectivity index (χ4v) is 2.61. The predicted octanol–water partition coefficient (Wildman–Crippen LogP) is 2.96. The first-order valence-corrected chi connectivity index (χ1v) is 6.48. The molecule has 0 saturated heterocycles. The van der Waals surface area contributed by atoms with Gasteiger partial charge in [0.15, 0.2) is 5.69 Å². The Morgan fingerprint density at radius 3 is 2.82 bits per heavy atom. The Kier molecular flexibility index (Phi) is 2.56. The molecule has 0 unspecified atom stereocenters. The first-order valence-electron chi connectivity index (χ1n) is 4.81. The first-order chi connectivity index (χ1) is 8.24. The van der Waals surface area contributed by atoms with Crippen LogP contribution in [0.15, 0.2) is 32.6 Å². The summed E-state index contributed by atoms with van der Waals surface area (Å²) in [6.07, 6.45) is 1.84. The molecule has 0 aromatic carbocycles. The predicted molar refractivity (Wildman–Crippen MR) is 67.5 cm³/mol. The average Bonchev–Trinajstić information content (AvgIpc) is 2.97. The minimum Gasteiger partial charge on any atom is -0.414 e. The summed E-state index contributed by atoms with van der Waals surface area (Å²) in [5.74, 6) is 0.938. The number of hydrogen-bond donors (Lipinski definition) is 0. The van der Waals surface area contributed by atoms with Crippen molar-refractivity contribution in [2.75, 3.05) is 0 Å². The van der Waals surface area contributed by atoms with Gasteiger partial charge in [0.05, 0.1) is 9.35 Å². The molecule has 17 heavy (non-hydrogen) atoms. The number of thiophene rings is 1. The third-order valence-electron chi connectivity index (χ3n) is 2.14. The number of rotatable bonds is 2. The molecule has 3 aromatic heterocycles. The fourth-order valence-electron chi connectivity index (χ4n) is 1.42. The molecule has 0 aliphatic carbocycles. The number of aryl methyl sites for hydroxylation is 1. The van der Waals surface area contributed by atoms with Gasteiger partial charge in [-0.15, -0.1) is 21.5 Å². The lowest BCUT2D eigenvalue weighted by atomic mass is 10.4. The summed E-state index contributed by atoms with van der Waals surface area (Å²) in [6, 6.07) is 3.88. The number of halogens is 1. The van der Waals surface area contributed by atoms with Gasteiger partial charge < -0.3 is 4.42 Å². The third-order valence-corrected chi connectivity index (χ3v) is 3.58. The highest BCUT2D eigenvalue weighted by molar-refractivity contribution is 9.10. The van der Waals surface area contributed by atoms with Crippen molar-refractivity contribution in [1.29, 1.82) is 0 Å². The molecular weight excluding hydrogens is 304 g/mol. The molecule has 0 saturated carbocycles. The van der Waals surface area contributed by atoms with Gasteiger partial charge in [-0.05, 0) is 27.4 Å². The molecule has 0 atom stereocenters. The van der Waals surface area contributed by atoms with Crippen LogP contribution in [0, 0.1) is 0 Å². The van der Waals surface area contributed by atoms with E-state index in [0.717, 1.165) is 9.35 Å². The number of hydrogen-bond acceptors (Lipinski definition) is 5. The van der Waals surface area contributed by atoms with Crippen LogP contribution in [-0.2, 0) is 7.05 Å². The van der Waals surface area contributed by atoms with Gasteiger partial charge in [0, 0.05) is 13.2 Å². The average molecular weight is 311 g/mol. The van der Waals surface area contributed by atoms with E-state index in [0.29, 0.717) is 17.5 Å². The summed E-state index contributed by atoms with van der Waals surface area (Å²) in [7, 11) is 1.84. The van der Waals surface area contributed by atoms with Gasteiger partial charge in [-0.25, -0.2) is 0 Å². The summed E-state index contributed by atoms with van der Waals surface area (Å²) in [5, 5.41) is 14.2. The quantitative estimate of drug-likeness (QED) is 0.730. The van der Waals surface area contributed by atoms with Crippen molar-refractivity contribution in [3.63, 3.8) is 0 Å². The van der Waals surface area contributed by atoms with Crippen LogP contribution in [0.2, 0.25) is 0 Å². The van der Waals surface area contributed by atoms with Crippen molar-refractivity contribution in [2.24, 2.45) is 7.05 Å². The second-order valence-electron chi connectivity index (χ2n) is 3.39. The van der Waals surface area contributed by atoms with Gasteiger partial charge in [-0.3, -0.25) is 4.68 Å². The Labute approximate surface area is 109 Å². The van der Waals surface area contributed by atoms with E-state index in [1.807, 2.05) is 30.8 Å². The molecule has 0 amide bonds. The molecule has 0 aliphatic rings. The Morgan fingerprint density at radius 2 is 2.18 bits per heavy atom. The van der Waals surface area contributed by atoms with E-state index in [4.69, 9.17) is 4.42 Å². The molecule has 7 heteroatoms. The summed E-state index contributed by atoms with van der Waals surface area (Å²) in [6.45, 7) is 0. The van der Waals surface area contributed by atoms with E-state index in [1.54, 1.807) is 16.0 Å². The lowest BCUT2D eigenvalue weighted by molar-refractivity contribution is 0.581. The highest BCUT2D eigenvalue weighted by atomic mass is 79.9. The first kappa shape index (κ1) is 10.7. The zero-order valence-corrected chi connectivity index (χ0v) is 11.2. The minimum atomic E-state index is 0.417. The van der Waals surface area contributed by atoms with Gasteiger partial charge in [-0.1, -0.05) is 6.07 Å². The number of nitrogens with zero attached hydrogens (tertiary/aromatic N) is 4. The molecule has 0 radical (unpaired) electrons. The number of aromatic nitrogens is 4. The topological polar surface area (TPSA) is 56.7 Å². The van der Waals surface area contributed by atoms with Crippen molar-refractivity contribution in [1.82, 2.24) is 20.0 Å². The van der Waals surface area contributed by atoms with E-state index >= 15 is 0 Å². The minimum absolute atomic E-state index is 0.417. The van der Waals surface area contributed by atoms with E-state index < -0.39 is 0 Å². The van der Waals surface area contributed by atoms with Crippen LogP contribution in [0.5, 0.6) is 0 Å². The van der Waals surface area contributed by atoms with Crippen LogP contribution in [0.4, 0.5) is 0 Å². The molecule has 5 nitrogen and oxygen atoms in total. The maximum Gasteiger partial charge on any atom is 0.269 e. The Hall–Kier alpha value is -1.47. The van der Waals surface area contributed by atoms with Gasteiger partial charge in [-0.2, -0.15) is 5.10 Å². The third kappa shape index (κ3) is 1.91. The summed E-state index contributed by atoms with van der Waals surface area (Å²) in [5.41, 5.74) is 0.655. The molecule has 0 bridgehead atoms. The zero-order valence-electron chi connectivity index (χ0n) is 8.79. The summed E-state index contributed by atoms with van der Waals surface area (Å²) >= 11 is 4.96. The Morgan fingerprint density at radius 1 is 1.35 bits per heavy atom.